The van der Waals surface area contributed by atoms with E-state index in [1.54, 1.807) is 0 Å². The molecule has 0 saturated heterocycles. The highest BCUT2D eigenvalue weighted by molar-refractivity contribution is 5.76. The summed E-state index contributed by atoms with van der Waals surface area (Å²) in [6.07, 6.45) is -2.36. The lowest BCUT2D eigenvalue weighted by Gasteiger charge is -2.22. The van der Waals surface area contributed by atoms with Gasteiger partial charge in [-0.15, -0.1) is 0 Å². The topological polar surface area (TPSA) is 207 Å². The summed E-state index contributed by atoms with van der Waals surface area (Å²) in [7, 11) is 0. The molecule has 150 valence electrons. The molecule has 0 aliphatic rings. The lowest BCUT2D eigenvalue weighted by Crippen LogP contribution is -2.51. The minimum absolute atomic E-state index is 0.244. The lowest BCUT2D eigenvalue weighted by atomic mass is 10.1. The number of hydrogen-bond acceptors (Lipinski definition) is 9. The van der Waals surface area contributed by atoms with E-state index in [9.17, 15) is 23.2 Å². The van der Waals surface area contributed by atoms with Crippen molar-refractivity contribution >= 4 is 17.8 Å². The van der Waals surface area contributed by atoms with Crippen molar-refractivity contribution in [2.24, 2.45) is 0 Å². The number of rotatable bonds is 6. The molecule has 1 aromatic heterocycles. The maximum absolute atomic E-state index is 12.4. The summed E-state index contributed by atoms with van der Waals surface area (Å²) in [5.41, 5.74) is 4.72. The first kappa shape index (κ1) is 25.8. The van der Waals surface area contributed by atoms with Crippen LogP contribution in [0.4, 0.5) is 14.6 Å². The molecule has 13 heteroatoms. The number of halogens is 2. The van der Waals surface area contributed by atoms with E-state index >= 15 is 0 Å². The number of carbonyl (C=O) groups excluding carboxylic acids is 1. The molecule has 26 heavy (non-hydrogen) atoms. The number of H-pyrrole nitrogens is 1. The third kappa shape index (κ3) is 11.1. The number of aliphatic hydroxyl groups excluding tert-OH is 3. The highest BCUT2D eigenvalue weighted by atomic mass is 19.2. The molecule has 0 fully saturated rings. The largest absolute Gasteiger partial charge is 0.481 e. The Balaban J connectivity index is 0. The second-order valence-electron chi connectivity index (χ2n) is 4.61. The Hall–Kier alpha value is -2.48. The fourth-order valence-corrected chi connectivity index (χ4v) is 1.07. The Morgan fingerprint density at radius 1 is 1.42 bits per heavy atom. The number of nitrogens with zero attached hydrogens (tertiary/aromatic N) is 1. The molecule has 0 spiro atoms. The predicted molar refractivity (Wildman–Crippen MR) is 83.1 cm³/mol. The molecular formula is C13H21F2N3O8. The van der Waals surface area contributed by atoms with Crippen molar-refractivity contribution in [2.45, 2.75) is 37.8 Å². The van der Waals surface area contributed by atoms with Gasteiger partial charge in [-0.1, -0.05) is 6.92 Å². The van der Waals surface area contributed by atoms with Gasteiger partial charge in [0, 0.05) is 12.6 Å². The summed E-state index contributed by atoms with van der Waals surface area (Å²) >= 11 is 0. The summed E-state index contributed by atoms with van der Waals surface area (Å²) in [4.78, 5) is 35.2. The standard InChI is InChI=1S/C5H8F2O5.C4H5N3O.C4H8O2/c6-4(11)5(7,12)3(10)2(9)1-8;5-3-1-2-6-4(8)7-3;1-2-3-4(5)6/h2-3,8-10,12H,1H2;1-2H,(H3,5,6,7,8);2-3H2,1H3,(H,5,6)/t2?,3?,5-;;/m1../s1. The number of anilines is 1. The number of carbonyl (C=O) groups is 2. The van der Waals surface area contributed by atoms with E-state index in [1.807, 2.05) is 6.92 Å². The number of aliphatic carboxylic acids is 1. The van der Waals surface area contributed by atoms with Gasteiger partial charge in [-0.2, -0.15) is 13.8 Å². The summed E-state index contributed by atoms with van der Waals surface area (Å²) in [6.45, 7) is 0.731. The minimum atomic E-state index is -4.18. The number of nitrogens with one attached hydrogen (secondary N) is 1. The molecule has 1 rings (SSSR count). The van der Waals surface area contributed by atoms with Crippen molar-refractivity contribution in [3.8, 4) is 0 Å². The average Bonchev–Trinajstić information content (AvgIpc) is 2.54. The van der Waals surface area contributed by atoms with Crippen LogP contribution in [0.3, 0.4) is 0 Å². The van der Waals surface area contributed by atoms with Gasteiger partial charge in [-0.3, -0.25) is 9.59 Å². The zero-order valence-corrected chi connectivity index (χ0v) is 13.7. The summed E-state index contributed by atoms with van der Waals surface area (Å²) in [5.74, 6) is -4.64. The number of carboxylic acid groups (broad SMARTS) is 1. The second-order valence-corrected chi connectivity index (χ2v) is 4.61. The normalized spacial score (nSPS) is 14.4. The smallest absolute Gasteiger partial charge is 0.368 e. The zero-order valence-electron chi connectivity index (χ0n) is 13.7. The van der Waals surface area contributed by atoms with E-state index < -0.39 is 42.4 Å². The van der Waals surface area contributed by atoms with Gasteiger partial charge in [0.15, 0.2) is 6.10 Å². The fourth-order valence-electron chi connectivity index (χ4n) is 1.07. The molecule has 0 saturated carbocycles. The van der Waals surface area contributed by atoms with E-state index in [1.165, 1.54) is 12.3 Å². The minimum Gasteiger partial charge on any atom is -0.481 e. The van der Waals surface area contributed by atoms with Crippen molar-refractivity contribution in [2.75, 3.05) is 12.3 Å². The lowest BCUT2D eigenvalue weighted by molar-refractivity contribution is -0.215. The van der Waals surface area contributed by atoms with Crippen molar-refractivity contribution in [3.63, 3.8) is 0 Å². The summed E-state index contributed by atoms with van der Waals surface area (Å²) < 4.78 is 24.0. The van der Waals surface area contributed by atoms with Gasteiger partial charge in [0.25, 0.3) is 0 Å². The molecule has 11 nitrogen and oxygen atoms in total. The van der Waals surface area contributed by atoms with Crippen LogP contribution < -0.4 is 11.4 Å². The number of nitrogens with two attached hydrogens (primary N) is 1. The van der Waals surface area contributed by atoms with Crippen LogP contribution >= 0.6 is 0 Å². The molecule has 0 aliphatic heterocycles. The number of hydrogen-bond donors (Lipinski definition) is 7. The molecule has 0 aliphatic carbocycles. The number of aromatic amines is 1. The second kappa shape index (κ2) is 12.8. The Morgan fingerprint density at radius 2 is 1.96 bits per heavy atom. The SMILES string of the molecule is CCCC(=O)O.Nc1cc[nH]c(=O)n1.O=C(F)[C@@](O)(F)C(O)C(O)CO. The van der Waals surface area contributed by atoms with E-state index in [-0.39, 0.29) is 5.82 Å². The van der Waals surface area contributed by atoms with Crippen LogP contribution in [0.25, 0.3) is 0 Å². The van der Waals surface area contributed by atoms with E-state index in [2.05, 4.69) is 9.97 Å². The highest BCUT2D eigenvalue weighted by Gasteiger charge is 2.47. The maximum Gasteiger partial charge on any atom is 0.368 e. The Kier molecular flexibility index (Phi) is 12.7. The van der Waals surface area contributed by atoms with Gasteiger partial charge >= 0.3 is 23.6 Å². The molecule has 0 radical (unpaired) electrons. The number of carboxylic acids is 1. The molecule has 3 atom stereocenters. The van der Waals surface area contributed by atoms with Crippen LogP contribution in [0, 0.1) is 0 Å². The van der Waals surface area contributed by atoms with Gasteiger partial charge < -0.3 is 36.3 Å². The van der Waals surface area contributed by atoms with Crippen molar-refractivity contribution in [1.82, 2.24) is 9.97 Å². The first-order chi connectivity index (χ1) is 11.9. The average molecular weight is 385 g/mol. The third-order valence-electron chi connectivity index (χ3n) is 2.37. The molecular weight excluding hydrogens is 364 g/mol. The Labute approximate surface area is 145 Å². The van der Waals surface area contributed by atoms with Gasteiger partial charge in [-0.05, 0) is 12.5 Å². The number of alkyl halides is 1. The third-order valence-corrected chi connectivity index (χ3v) is 2.37. The summed E-state index contributed by atoms with van der Waals surface area (Å²) in [6, 6.07) is -1.32. The van der Waals surface area contributed by atoms with Gasteiger partial charge in [0.1, 0.15) is 11.9 Å². The molecule has 1 heterocycles. The number of aromatic nitrogens is 2. The Morgan fingerprint density at radius 3 is 2.19 bits per heavy atom. The van der Waals surface area contributed by atoms with Crippen LogP contribution in [-0.4, -0.2) is 72.2 Å². The fraction of sp³-hybridized carbons (Fsp3) is 0.538. The van der Waals surface area contributed by atoms with Crippen LogP contribution in [0.15, 0.2) is 17.1 Å². The first-order valence-electron chi connectivity index (χ1n) is 7.01. The van der Waals surface area contributed by atoms with Gasteiger partial charge in [0.05, 0.1) is 6.61 Å². The molecule has 1 aromatic rings. The zero-order chi connectivity index (χ0) is 20.9. The van der Waals surface area contributed by atoms with Crippen LogP contribution in [0.1, 0.15) is 19.8 Å². The predicted octanol–water partition coefficient (Wildman–Crippen LogP) is -1.92. The number of aliphatic hydroxyl groups is 4. The van der Waals surface area contributed by atoms with Crippen molar-refractivity contribution < 1.29 is 43.9 Å². The van der Waals surface area contributed by atoms with Crippen molar-refractivity contribution in [3.05, 3.63) is 22.7 Å². The molecule has 2 unspecified atom stereocenters. The van der Waals surface area contributed by atoms with Gasteiger partial charge in [-0.25, -0.2) is 4.79 Å². The van der Waals surface area contributed by atoms with E-state index in [4.69, 9.17) is 31.3 Å². The maximum atomic E-state index is 12.4. The highest BCUT2D eigenvalue weighted by Crippen LogP contribution is 2.17. The molecule has 8 N–H and O–H groups in total. The first-order valence-corrected chi connectivity index (χ1v) is 7.01. The monoisotopic (exact) mass is 385 g/mol. The van der Waals surface area contributed by atoms with Crippen LogP contribution in [0.2, 0.25) is 0 Å². The molecule has 0 aromatic carbocycles. The van der Waals surface area contributed by atoms with Gasteiger partial charge in [0.2, 0.25) is 0 Å². The number of nitrogen functional groups attached to an aromatic ring is 1. The van der Waals surface area contributed by atoms with E-state index in [0.717, 1.165) is 6.42 Å². The van der Waals surface area contributed by atoms with E-state index in [0.29, 0.717) is 6.42 Å². The molecule has 0 amide bonds. The van der Waals surface area contributed by atoms with Crippen molar-refractivity contribution in [1.29, 1.82) is 0 Å². The van der Waals surface area contributed by atoms with Crippen LogP contribution in [0.5, 0.6) is 0 Å². The quantitative estimate of drug-likeness (QED) is 0.270. The molecule has 0 bridgehead atoms. The Bertz CT molecular complexity index is 611. The van der Waals surface area contributed by atoms with Crippen LogP contribution in [-0.2, 0) is 9.59 Å². The summed E-state index contributed by atoms with van der Waals surface area (Å²) in [5, 5.41) is 41.3.